The lowest BCUT2D eigenvalue weighted by Crippen LogP contribution is -2.18. The molecule has 2 aromatic carbocycles. The number of nitro groups is 1. The van der Waals surface area contributed by atoms with Crippen molar-refractivity contribution in [2.45, 2.75) is 31.8 Å². The Morgan fingerprint density at radius 3 is 2.67 bits per heavy atom. The highest BCUT2D eigenvalue weighted by atomic mass is 16.6. The first-order valence-corrected chi connectivity index (χ1v) is 7.18. The molecule has 1 saturated carbocycles. The molecule has 0 amide bonds. The Morgan fingerprint density at radius 1 is 1.19 bits per heavy atom. The van der Waals surface area contributed by atoms with Gasteiger partial charge in [-0.15, -0.1) is 0 Å². The molecule has 4 heteroatoms. The summed E-state index contributed by atoms with van der Waals surface area (Å²) in [6, 6.07) is 16.2. The lowest BCUT2D eigenvalue weighted by Gasteiger charge is -2.08. The molecule has 1 aliphatic carbocycles. The van der Waals surface area contributed by atoms with Crippen molar-refractivity contribution in [3.05, 3.63) is 75.3 Å². The molecule has 0 bridgehead atoms. The fourth-order valence-corrected chi connectivity index (χ4v) is 2.79. The van der Waals surface area contributed by atoms with Crippen LogP contribution in [0.25, 0.3) is 0 Å². The van der Waals surface area contributed by atoms with E-state index in [0.717, 1.165) is 17.5 Å². The van der Waals surface area contributed by atoms with Crippen molar-refractivity contribution in [2.24, 2.45) is 0 Å². The van der Waals surface area contributed by atoms with E-state index < -0.39 is 0 Å². The number of hydrogen-bond donors (Lipinski definition) is 1. The number of benzene rings is 2. The fraction of sp³-hybridized carbons (Fsp3) is 0.294. The molecule has 0 heterocycles. The maximum atomic E-state index is 10.9. The van der Waals surface area contributed by atoms with Crippen LogP contribution in [0.2, 0.25) is 0 Å². The number of nitrogens with zero attached hydrogens (tertiary/aromatic N) is 1. The number of nitrogens with one attached hydrogen (secondary N) is 1. The van der Waals surface area contributed by atoms with Crippen molar-refractivity contribution >= 4 is 5.69 Å². The van der Waals surface area contributed by atoms with Gasteiger partial charge >= 0.3 is 0 Å². The summed E-state index contributed by atoms with van der Waals surface area (Å²) >= 11 is 0. The predicted octanol–water partition coefficient (Wildman–Crippen LogP) is 3.55. The molecule has 1 aliphatic rings. The molecule has 1 fully saturated rings. The SMILES string of the molecule is Cc1c(CNC2CC2c2ccccc2)cccc1[N+](=O)[O-]. The van der Waals surface area contributed by atoms with Gasteiger partial charge in [0.05, 0.1) is 4.92 Å². The Kier molecular flexibility index (Phi) is 3.71. The van der Waals surface area contributed by atoms with E-state index in [1.165, 1.54) is 5.56 Å². The minimum atomic E-state index is -0.317. The molecule has 2 unspecified atom stereocenters. The third-order valence-corrected chi connectivity index (χ3v) is 4.19. The van der Waals surface area contributed by atoms with E-state index in [9.17, 15) is 10.1 Å². The normalized spacial score (nSPS) is 20.2. The minimum Gasteiger partial charge on any atom is -0.309 e. The molecule has 0 radical (unpaired) electrons. The Bertz CT molecular complexity index is 655. The van der Waals surface area contributed by atoms with Crippen LogP contribution in [-0.4, -0.2) is 11.0 Å². The van der Waals surface area contributed by atoms with Crippen LogP contribution in [0.15, 0.2) is 48.5 Å². The van der Waals surface area contributed by atoms with Gasteiger partial charge in [0, 0.05) is 30.1 Å². The summed E-state index contributed by atoms with van der Waals surface area (Å²) in [5.41, 5.74) is 3.32. The van der Waals surface area contributed by atoms with Gasteiger partial charge in [0.25, 0.3) is 5.69 Å². The van der Waals surface area contributed by atoms with E-state index in [4.69, 9.17) is 0 Å². The zero-order chi connectivity index (χ0) is 14.8. The van der Waals surface area contributed by atoms with Gasteiger partial charge in [0.1, 0.15) is 0 Å². The van der Waals surface area contributed by atoms with Gasteiger partial charge < -0.3 is 5.32 Å². The molecule has 0 saturated heterocycles. The topological polar surface area (TPSA) is 55.2 Å². The highest BCUT2D eigenvalue weighted by Crippen LogP contribution is 2.40. The molecule has 2 atom stereocenters. The van der Waals surface area contributed by atoms with Crippen molar-refractivity contribution in [1.29, 1.82) is 0 Å². The van der Waals surface area contributed by atoms with Crippen molar-refractivity contribution in [3.63, 3.8) is 0 Å². The first-order chi connectivity index (χ1) is 10.2. The lowest BCUT2D eigenvalue weighted by atomic mass is 10.1. The van der Waals surface area contributed by atoms with Gasteiger partial charge in [-0.05, 0) is 24.5 Å². The van der Waals surface area contributed by atoms with E-state index in [0.29, 0.717) is 18.5 Å². The maximum Gasteiger partial charge on any atom is 0.272 e. The average Bonchev–Trinajstić information content (AvgIpc) is 3.26. The number of hydrogen-bond acceptors (Lipinski definition) is 3. The van der Waals surface area contributed by atoms with Crippen LogP contribution in [0.5, 0.6) is 0 Å². The monoisotopic (exact) mass is 282 g/mol. The Balaban J connectivity index is 1.62. The maximum absolute atomic E-state index is 10.9. The first kappa shape index (κ1) is 13.8. The third-order valence-electron chi connectivity index (χ3n) is 4.19. The summed E-state index contributed by atoms with van der Waals surface area (Å²) in [5, 5.41) is 14.5. The largest absolute Gasteiger partial charge is 0.309 e. The second-order valence-corrected chi connectivity index (χ2v) is 5.56. The van der Waals surface area contributed by atoms with E-state index in [1.807, 2.05) is 19.1 Å². The van der Waals surface area contributed by atoms with E-state index in [1.54, 1.807) is 12.1 Å². The summed E-state index contributed by atoms with van der Waals surface area (Å²) in [7, 11) is 0. The smallest absolute Gasteiger partial charge is 0.272 e. The van der Waals surface area contributed by atoms with Gasteiger partial charge in [0.15, 0.2) is 0 Å². The first-order valence-electron chi connectivity index (χ1n) is 7.18. The fourth-order valence-electron chi connectivity index (χ4n) is 2.79. The standard InChI is InChI=1S/C17H18N2O2/c1-12-14(8-5-9-17(12)19(20)21)11-18-16-10-15(16)13-6-3-2-4-7-13/h2-9,15-16,18H,10-11H2,1H3. The van der Waals surface area contributed by atoms with Gasteiger partial charge in [-0.2, -0.15) is 0 Å². The van der Waals surface area contributed by atoms with Crippen LogP contribution >= 0.6 is 0 Å². The molecule has 3 rings (SSSR count). The van der Waals surface area contributed by atoms with Crippen LogP contribution in [0.1, 0.15) is 29.0 Å². The van der Waals surface area contributed by atoms with E-state index in [2.05, 4.69) is 29.6 Å². The number of nitro benzene ring substituents is 1. The molecule has 0 aromatic heterocycles. The summed E-state index contributed by atoms with van der Waals surface area (Å²) < 4.78 is 0. The van der Waals surface area contributed by atoms with Crippen molar-refractivity contribution in [3.8, 4) is 0 Å². The molecule has 21 heavy (non-hydrogen) atoms. The Morgan fingerprint density at radius 2 is 1.95 bits per heavy atom. The van der Waals surface area contributed by atoms with Gasteiger partial charge in [-0.1, -0.05) is 42.5 Å². The van der Waals surface area contributed by atoms with Crippen molar-refractivity contribution in [1.82, 2.24) is 5.32 Å². The lowest BCUT2D eigenvalue weighted by molar-refractivity contribution is -0.385. The average molecular weight is 282 g/mol. The van der Waals surface area contributed by atoms with Crippen LogP contribution in [-0.2, 0) is 6.54 Å². The zero-order valence-electron chi connectivity index (χ0n) is 12.0. The van der Waals surface area contributed by atoms with Crippen LogP contribution < -0.4 is 5.32 Å². The van der Waals surface area contributed by atoms with E-state index in [-0.39, 0.29) is 10.6 Å². The van der Waals surface area contributed by atoms with Gasteiger partial charge in [-0.3, -0.25) is 10.1 Å². The molecular weight excluding hydrogens is 264 g/mol. The minimum absolute atomic E-state index is 0.199. The second-order valence-electron chi connectivity index (χ2n) is 5.56. The quantitative estimate of drug-likeness (QED) is 0.674. The van der Waals surface area contributed by atoms with Gasteiger partial charge in [-0.25, -0.2) is 0 Å². The molecule has 0 aliphatic heterocycles. The predicted molar refractivity (Wildman–Crippen MR) is 82.3 cm³/mol. The van der Waals surface area contributed by atoms with Crippen molar-refractivity contribution < 1.29 is 4.92 Å². The van der Waals surface area contributed by atoms with Crippen LogP contribution in [0.4, 0.5) is 5.69 Å². The molecule has 0 spiro atoms. The molecule has 2 aromatic rings. The molecular formula is C17H18N2O2. The Labute approximate surface area is 124 Å². The summed E-state index contributed by atoms with van der Waals surface area (Å²) in [4.78, 5) is 10.6. The summed E-state index contributed by atoms with van der Waals surface area (Å²) in [5.74, 6) is 0.574. The number of rotatable bonds is 5. The third kappa shape index (κ3) is 2.95. The Hall–Kier alpha value is -2.20. The molecule has 4 nitrogen and oxygen atoms in total. The summed E-state index contributed by atoms with van der Waals surface area (Å²) in [6.45, 7) is 2.50. The molecule has 108 valence electrons. The second kappa shape index (κ2) is 5.66. The van der Waals surface area contributed by atoms with Crippen molar-refractivity contribution in [2.75, 3.05) is 0 Å². The van der Waals surface area contributed by atoms with Crippen LogP contribution in [0, 0.1) is 17.0 Å². The highest BCUT2D eigenvalue weighted by molar-refractivity contribution is 5.44. The molecule has 1 N–H and O–H groups in total. The summed E-state index contributed by atoms with van der Waals surface area (Å²) in [6.07, 6.45) is 1.14. The highest BCUT2D eigenvalue weighted by Gasteiger charge is 2.37. The van der Waals surface area contributed by atoms with E-state index >= 15 is 0 Å². The zero-order valence-corrected chi connectivity index (χ0v) is 12.0. The van der Waals surface area contributed by atoms with Crippen LogP contribution in [0.3, 0.4) is 0 Å². The van der Waals surface area contributed by atoms with Gasteiger partial charge in [0.2, 0.25) is 0 Å².